The van der Waals surface area contributed by atoms with Crippen LogP contribution < -0.4 is 10.2 Å². The van der Waals surface area contributed by atoms with Crippen LogP contribution in [0.4, 0.5) is 11.6 Å². The molecule has 1 unspecified atom stereocenters. The minimum absolute atomic E-state index is 0.345. The second-order valence-corrected chi connectivity index (χ2v) is 5.48. The summed E-state index contributed by atoms with van der Waals surface area (Å²) in [6, 6.07) is 2.06. The summed E-state index contributed by atoms with van der Waals surface area (Å²) in [6.45, 7) is 10.1. The van der Waals surface area contributed by atoms with E-state index in [4.69, 9.17) is 9.72 Å². The van der Waals surface area contributed by atoms with Crippen molar-refractivity contribution in [2.24, 2.45) is 0 Å². The van der Waals surface area contributed by atoms with Gasteiger partial charge in [0.15, 0.2) is 0 Å². The second kappa shape index (κ2) is 8.17. The van der Waals surface area contributed by atoms with Gasteiger partial charge in [0.25, 0.3) is 0 Å². The lowest BCUT2D eigenvalue weighted by Crippen LogP contribution is -2.33. The highest BCUT2D eigenvalue weighted by Crippen LogP contribution is 2.20. The highest BCUT2D eigenvalue weighted by atomic mass is 16.5. The lowest BCUT2D eigenvalue weighted by molar-refractivity contribution is 0.115. The van der Waals surface area contributed by atoms with Gasteiger partial charge < -0.3 is 15.0 Å². The first-order valence-electron chi connectivity index (χ1n) is 8.25. The van der Waals surface area contributed by atoms with Gasteiger partial charge in [-0.1, -0.05) is 6.92 Å². The Morgan fingerprint density at radius 2 is 2.19 bits per heavy atom. The number of ether oxygens (including phenoxy) is 1. The van der Waals surface area contributed by atoms with Crippen LogP contribution in [0, 0.1) is 0 Å². The molecule has 0 spiro atoms. The molecular weight excluding hydrogens is 264 g/mol. The fourth-order valence-electron chi connectivity index (χ4n) is 2.67. The summed E-state index contributed by atoms with van der Waals surface area (Å²) in [5.41, 5.74) is 0. The van der Waals surface area contributed by atoms with Gasteiger partial charge in [-0.15, -0.1) is 0 Å². The van der Waals surface area contributed by atoms with Gasteiger partial charge in [0, 0.05) is 38.7 Å². The molecule has 2 rings (SSSR count). The zero-order chi connectivity index (χ0) is 15.1. The van der Waals surface area contributed by atoms with Gasteiger partial charge in [0.2, 0.25) is 0 Å². The molecule has 0 bridgehead atoms. The Balaban J connectivity index is 2.16. The zero-order valence-corrected chi connectivity index (χ0v) is 13.6. The van der Waals surface area contributed by atoms with Gasteiger partial charge >= 0.3 is 0 Å². The monoisotopic (exact) mass is 292 g/mol. The van der Waals surface area contributed by atoms with Crippen molar-refractivity contribution in [3.63, 3.8) is 0 Å². The van der Waals surface area contributed by atoms with Gasteiger partial charge in [-0.2, -0.15) is 0 Å². The van der Waals surface area contributed by atoms with Crippen molar-refractivity contribution in [1.82, 2.24) is 9.97 Å². The number of anilines is 2. The highest BCUT2D eigenvalue weighted by Gasteiger charge is 2.20. The van der Waals surface area contributed by atoms with Crippen LogP contribution in [-0.2, 0) is 11.2 Å². The Kier molecular flexibility index (Phi) is 6.23. The Morgan fingerprint density at radius 1 is 1.33 bits per heavy atom. The van der Waals surface area contributed by atoms with Crippen molar-refractivity contribution in [1.29, 1.82) is 0 Å². The van der Waals surface area contributed by atoms with E-state index in [1.54, 1.807) is 0 Å². The molecule has 1 aromatic heterocycles. The molecule has 0 amide bonds. The first-order chi connectivity index (χ1) is 10.3. The van der Waals surface area contributed by atoms with Crippen molar-refractivity contribution in [3.05, 3.63) is 11.9 Å². The van der Waals surface area contributed by atoms with E-state index in [1.165, 1.54) is 6.42 Å². The summed E-state index contributed by atoms with van der Waals surface area (Å²) >= 11 is 0. The third kappa shape index (κ3) is 4.56. The maximum Gasteiger partial charge on any atom is 0.134 e. The largest absolute Gasteiger partial charge is 0.376 e. The zero-order valence-electron chi connectivity index (χ0n) is 13.6. The molecule has 1 atom stereocenters. The van der Waals surface area contributed by atoms with Gasteiger partial charge in [0.05, 0.1) is 6.10 Å². The number of hydrogen-bond donors (Lipinski definition) is 1. The van der Waals surface area contributed by atoms with Gasteiger partial charge in [-0.25, -0.2) is 9.97 Å². The van der Waals surface area contributed by atoms with E-state index in [9.17, 15) is 0 Å². The molecule has 5 heteroatoms. The topological polar surface area (TPSA) is 50.3 Å². The number of nitrogens with one attached hydrogen (secondary N) is 1. The maximum absolute atomic E-state index is 5.76. The van der Waals surface area contributed by atoms with Gasteiger partial charge in [-0.3, -0.25) is 0 Å². The molecule has 1 aliphatic rings. The summed E-state index contributed by atoms with van der Waals surface area (Å²) in [5.74, 6) is 2.87. The number of hydrogen-bond acceptors (Lipinski definition) is 5. The molecule has 2 heterocycles. The molecule has 1 fully saturated rings. The number of aryl methyl sites for hydroxylation is 1. The minimum Gasteiger partial charge on any atom is -0.376 e. The molecule has 1 N–H and O–H groups in total. The molecule has 0 aromatic carbocycles. The standard InChI is InChI=1S/C16H28N4O/c1-4-8-14-18-15(17-5-2)11-16(19-14)20(6-3)12-13-9-7-10-21-13/h11,13H,4-10,12H2,1-3H3,(H,17,18,19). The summed E-state index contributed by atoms with van der Waals surface area (Å²) in [4.78, 5) is 11.6. The fraction of sp³-hybridized carbons (Fsp3) is 0.750. The Hall–Kier alpha value is -1.36. The molecule has 1 aliphatic heterocycles. The third-order valence-corrected chi connectivity index (χ3v) is 3.74. The molecule has 0 saturated carbocycles. The Morgan fingerprint density at radius 3 is 2.81 bits per heavy atom. The lowest BCUT2D eigenvalue weighted by Gasteiger charge is -2.25. The van der Waals surface area contributed by atoms with E-state index < -0.39 is 0 Å². The smallest absolute Gasteiger partial charge is 0.134 e. The second-order valence-electron chi connectivity index (χ2n) is 5.48. The molecular formula is C16H28N4O. The van der Waals surface area contributed by atoms with Crippen LogP contribution in [0.2, 0.25) is 0 Å². The van der Waals surface area contributed by atoms with E-state index in [0.717, 1.165) is 63.0 Å². The van der Waals surface area contributed by atoms with E-state index in [0.29, 0.717) is 6.10 Å². The first kappa shape index (κ1) is 16.0. The van der Waals surface area contributed by atoms with E-state index in [-0.39, 0.29) is 0 Å². The number of nitrogens with zero attached hydrogens (tertiary/aromatic N) is 3. The minimum atomic E-state index is 0.345. The van der Waals surface area contributed by atoms with E-state index >= 15 is 0 Å². The van der Waals surface area contributed by atoms with Crippen LogP contribution in [0.3, 0.4) is 0 Å². The van der Waals surface area contributed by atoms with Crippen LogP contribution in [0.1, 0.15) is 45.9 Å². The van der Waals surface area contributed by atoms with Crippen LogP contribution in [0.5, 0.6) is 0 Å². The molecule has 1 saturated heterocycles. The van der Waals surface area contributed by atoms with Crippen LogP contribution in [-0.4, -0.2) is 42.3 Å². The number of likely N-dealkylation sites (N-methyl/N-ethyl adjacent to an activating group) is 1. The SMILES string of the molecule is CCCc1nc(NCC)cc(N(CC)CC2CCCO2)n1. The number of rotatable bonds is 8. The van der Waals surface area contributed by atoms with Crippen LogP contribution >= 0.6 is 0 Å². The molecule has 1 aromatic rings. The summed E-state index contributed by atoms with van der Waals surface area (Å²) in [6.07, 6.45) is 4.66. The lowest BCUT2D eigenvalue weighted by atomic mass is 10.2. The summed E-state index contributed by atoms with van der Waals surface area (Å²) in [7, 11) is 0. The predicted molar refractivity (Wildman–Crippen MR) is 87.1 cm³/mol. The third-order valence-electron chi connectivity index (χ3n) is 3.74. The predicted octanol–water partition coefficient (Wildman–Crippen LogP) is 2.87. The van der Waals surface area contributed by atoms with Gasteiger partial charge in [0.1, 0.15) is 17.5 Å². The van der Waals surface area contributed by atoms with E-state index in [2.05, 4.69) is 42.0 Å². The van der Waals surface area contributed by atoms with E-state index in [1.807, 2.05) is 0 Å². The molecule has 21 heavy (non-hydrogen) atoms. The fourth-order valence-corrected chi connectivity index (χ4v) is 2.67. The van der Waals surface area contributed by atoms with Crippen LogP contribution in [0.15, 0.2) is 6.07 Å². The molecule has 118 valence electrons. The number of aromatic nitrogens is 2. The molecule has 5 nitrogen and oxygen atoms in total. The summed E-state index contributed by atoms with van der Waals surface area (Å²) < 4.78 is 5.76. The Bertz CT molecular complexity index is 408. The van der Waals surface area contributed by atoms with Crippen molar-refractivity contribution in [2.45, 2.75) is 52.6 Å². The summed E-state index contributed by atoms with van der Waals surface area (Å²) in [5, 5.41) is 3.31. The maximum atomic E-state index is 5.76. The van der Waals surface area contributed by atoms with Crippen molar-refractivity contribution in [2.75, 3.05) is 36.5 Å². The molecule has 0 aliphatic carbocycles. The van der Waals surface area contributed by atoms with Crippen molar-refractivity contribution < 1.29 is 4.74 Å². The highest BCUT2D eigenvalue weighted by molar-refractivity contribution is 5.49. The first-order valence-corrected chi connectivity index (χ1v) is 8.25. The van der Waals surface area contributed by atoms with Crippen molar-refractivity contribution in [3.8, 4) is 0 Å². The Labute approximate surface area is 128 Å². The average Bonchev–Trinajstić information content (AvgIpc) is 2.98. The van der Waals surface area contributed by atoms with Gasteiger partial charge in [-0.05, 0) is 33.1 Å². The quantitative estimate of drug-likeness (QED) is 0.798. The van der Waals surface area contributed by atoms with Crippen LogP contribution in [0.25, 0.3) is 0 Å². The molecule has 0 radical (unpaired) electrons. The average molecular weight is 292 g/mol. The van der Waals surface area contributed by atoms with Crippen molar-refractivity contribution >= 4 is 11.6 Å². The normalized spacial score (nSPS) is 18.0.